The minimum Gasteiger partial charge on any atom is -0.493 e. The molecule has 0 aliphatic carbocycles. The Bertz CT molecular complexity index is 1320. The molecular formula is C26H22ClN3O5. The number of nitrogens with one attached hydrogen (secondary N) is 2. The number of hydrogen-bond donors (Lipinski definition) is 2. The molecule has 0 bridgehead atoms. The second kappa shape index (κ2) is 10.3. The van der Waals surface area contributed by atoms with Crippen LogP contribution in [0.3, 0.4) is 0 Å². The minimum atomic E-state index is -0.574. The molecule has 1 aliphatic rings. The monoisotopic (exact) mass is 491 g/mol. The number of imide groups is 1. The van der Waals surface area contributed by atoms with Gasteiger partial charge in [0.1, 0.15) is 5.70 Å². The highest BCUT2D eigenvalue weighted by molar-refractivity contribution is 6.32. The molecule has 4 rings (SSSR count). The van der Waals surface area contributed by atoms with Gasteiger partial charge in [0.2, 0.25) is 0 Å². The summed E-state index contributed by atoms with van der Waals surface area (Å²) in [6.07, 6.45) is 1.53. The topological polar surface area (TPSA) is 97.0 Å². The molecule has 9 heteroatoms. The van der Waals surface area contributed by atoms with Crippen molar-refractivity contribution >= 4 is 46.9 Å². The molecule has 3 aromatic carbocycles. The van der Waals surface area contributed by atoms with Crippen LogP contribution in [0, 0.1) is 6.92 Å². The van der Waals surface area contributed by atoms with Gasteiger partial charge < -0.3 is 20.1 Å². The lowest BCUT2D eigenvalue weighted by atomic mass is 10.1. The largest absolute Gasteiger partial charge is 0.493 e. The molecule has 8 nitrogen and oxygen atoms in total. The summed E-state index contributed by atoms with van der Waals surface area (Å²) in [6, 6.07) is 18.3. The zero-order valence-electron chi connectivity index (χ0n) is 19.0. The van der Waals surface area contributed by atoms with Crippen molar-refractivity contribution < 1.29 is 23.9 Å². The van der Waals surface area contributed by atoms with Gasteiger partial charge in [0.25, 0.3) is 11.8 Å². The van der Waals surface area contributed by atoms with Gasteiger partial charge in [0, 0.05) is 10.7 Å². The van der Waals surface area contributed by atoms with E-state index in [0.29, 0.717) is 33.5 Å². The van der Waals surface area contributed by atoms with Crippen molar-refractivity contribution in [2.24, 2.45) is 0 Å². The van der Waals surface area contributed by atoms with E-state index in [1.807, 2.05) is 31.2 Å². The third kappa shape index (κ3) is 5.62. The van der Waals surface area contributed by atoms with E-state index in [4.69, 9.17) is 21.1 Å². The van der Waals surface area contributed by atoms with Gasteiger partial charge in [0.05, 0.1) is 12.8 Å². The highest BCUT2D eigenvalue weighted by Crippen LogP contribution is 2.30. The quantitative estimate of drug-likeness (QED) is 0.366. The van der Waals surface area contributed by atoms with Crippen LogP contribution >= 0.6 is 11.6 Å². The lowest BCUT2D eigenvalue weighted by Gasteiger charge is -2.12. The number of benzene rings is 3. The first kappa shape index (κ1) is 23.8. The van der Waals surface area contributed by atoms with Crippen molar-refractivity contribution in [2.45, 2.75) is 6.92 Å². The van der Waals surface area contributed by atoms with Crippen LogP contribution in [0.15, 0.2) is 72.4 Å². The highest BCUT2D eigenvalue weighted by Gasteiger charge is 2.35. The van der Waals surface area contributed by atoms with E-state index in [1.165, 1.54) is 19.3 Å². The Kier molecular flexibility index (Phi) is 7.03. The second-order valence-corrected chi connectivity index (χ2v) is 8.16. The van der Waals surface area contributed by atoms with Gasteiger partial charge in [-0.15, -0.1) is 0 Å². The van der Waals surface area contributed by atoms with Gasteiger partial charge in [-0.2, -0.15) is 0 Å². The Morgan fingerprint density at radius 1 is 1.06 bits per heavy atom. The summed E-state index contributed by atoms with van der Waals surface area (Å²) in [5.41, 5.74) is 2.83. The molecule has 1 fully saturated rings. The Labute approximate surface area is 207 Å². The molecule has 178 valence electrons. The van der Waals surface area contributed by atoms with Crippen LogP contribution in [-0.2, 0) is 9.59 Å². The number of methoxy groups -OCH3 is 1. The minimum absolute atomic E-state index is 0.100. The predicted octanol–water partition coefficient (Wildman–Crippen LogP) is 4.77. The van der Waals surface area contributed by atoms with Gasteiger partial charge in [-0.3, -0.25) is 9.59 Å². The molecule has 0 unspecified atom stereocenters. The summed E-state index contributed by atoms with van der Waals surface area (Å²) < 4.78 is 11.0. The normalized spacial score (nSPS) is 14.1. The third-order valence-corrected chi connectivity index (χ3v) is 5.37. The van der Waals surface area contributed by atoms with Gasteiger partial charge in [-0.05, 0) is 61.0 Å². The molecule has 35 heavy (non-hydrogen) atoms. The molecule has 2 N–H and O–H groups in total. The number of aryl methyl sites for hydroxylation is 1. The summed E-state index contributed by atoms with van der Waals surface area (Å²) in [6.45, 7) is 1.75. The molecule has 1 aliphatic heterocycles. The smallest absolute Gasteiger partial charge is 0.333 e. The van der Waals surface area contributed by atoms with Crippen molar-refractivity contribution in [1.29, 1.82) is 0 Å². The standard InChI is InChI=1S/C26H22ClN3O5/c1-16-6-9-19(10-7-16)28-24(31)15-35-22-11-8-17(13-23(22)34-2)12-21-25(32)30(26(33)29-21)20-5-3-4-18(27)14-20/h3-14H,15H2,1-2H3,(H,28,31)(H,29,33)/b21-12+. The molecule has 0 aromatic heterocycles. The Morgan fingerprint density at radius 3 is 2.54 bits per heavy atom. The average Bonchev–Trinajstić information content (AvgIpc) is 3.12. The number of hydrogen-bond acceptors (Lipinski definition) is 5. The maximum absolute atomic E-state index is 12.8. The number of amides is 4. The average molecular weight is 492 g/mol. The molecule has 0 saturated carbocycles. The Morgan fingerprint density at radius 2 is 1.83 bits per heavy atom. The van der Waals surface area contributed by atoms with Crippen LogP contribution in [0.4, 0.5) is 16.2 Å². The molecule has 0 atom stereocenters. The first-order valence-corrected chi connectivity index (χ1v) is 11.0. The van der Waals surface area contributed by atoms with Crippen LogP contribution in [0.25, 0.3) is 6.08 Å². The number of urea groups is 1. The number of anilines is 2. The van der Waals surface area contributed by atoms with Crippen LogP contribution in [0.5, 0.6) is 11.5 Å². The number of ether oxygens (including phenoxy) is 2. The van der Waals surface area contributed by atoms with E-state index in [9.17, 15) is 14.4 Å². The summed E-state index contributed by atoms with van der Waals surface area (Å²) in [5, 5.41) is 5.74. The summed E-state index contributed by atoms with van der Waals surface area (Å²) >= 11 is 5.99. The number of carbonyl (C=O) groups excluding carboxylic acids is 3. The molecule has 0 spiro atoms. The summed E-state index contributed by atoms with van der Waals surface area (Å²) in [5.74, 6) is -0.103. The van der Waals surface area contributed by atoms with Crippen molar-refractivity contribution in [3.8, 4) is 11.5 Å². The van der Waals surface area contributed by atoms with E-state index in [0.717, 1.165) is 10.5 Å². The zero-order chi connectivity index (χ0) is 24.9. The van der Waals surface area contributed by atoms with Gasteiger partial charge in [-0.1, -0.05) is 41.4 Å². The maximum atomic E-state index is 12.8. The first-order chi connectivity index (χ1) is 16.8. The van der Waals surface area contributed by atoms with Crippen LogP contribution in [0.2, 0.25) is 5.02 Å². The number of nitrogens with zero attached hydrogens (tertiary/aromatic N) is 1. The van der Waals surface area contributed by atoms with Crippen LogP contribution in [-0.4, -0.2) is 31.6 Å². The molecular weight excluding hydrogens is 470 g/mol. The predicted molar refractivity (Wildman–Crippen MR) is 134 cm³/mol. The molecule has 3 aromatic rings. The van der Waals surface area contributed by atoms with Crippen molar-refractivity contribution in [1.82, 2.24) is 5.32 Å². The van der Waals surface area contributed by atoms with E-state index in [1.54, 1.807) is 36.4 Å². The van der Waals surface area contributed by atoms with Crippen LogP contribution < -0.4 is 25.0 Å². The van der Waals surface area contributed by atoms with E-state index in [2.05, 4.69) is 10.6 Å². The molecule has 4 amide bonds. The lowest BCUT2D eigenvalue weighted by molar-refractivity contribution is -0.118. The van der Waals surface area contributed by atoms with Crippen LogP contribution in [0.1, 0.15) is 11.1 Å². The maximum Gasteiger partial charge on any atom is 0.333 e. The Hall–Kier alpha value is -4.30. The van der Waals surface area contributed by atoms with Gasteiger partial charge in [-0.25, -0.2) is 9.69 Å². The van der Waals surface area contributed by atoms with E-state index >= 15 is 0 Å². The highest BCUT2D eigenvalue weighted by atomic mass is 35.5. The van der Waals surface area contributed by atoms with Crippen molar-refractivity contribution in [3.63, 3.8) is 0 Å². The SMILES string of the molecule is COc1cc(/C=C2/NC(=O)N(c3cccc(Cl)c3)C2=O)ccc1OCC(=O)Nc1ccc(C)cc1. The van der Waals surface area contributed by atoms with Gasteiger partial charge in [0.15, 0.2) is 18.1 Å². The zero-order valence-corrected chi connectivity index (χ0v) is 19.8. The first-order valence-electron chi connectivity index (χ1n) is 10.6. The number of halogens is 1. The van der Waals surface area contributed by atoms with E-state index < -0.39 is 11.9 Å². The van der Waals surface area contributed by atoms with Crippen molar-refractivity contribution in [3.05, 3.63) is 88.6 Å². The molecule has 0 radical (unpaired) electrons. The lowest BCUT2D eigenvalue weighted by Crippen LogP contribution is -2.30. The molecule has 1 saturated heterocycles. The third-order valence-electron chi connectivity index (χ3n) is 5.14. The second-order valence-electron chi connectivity index (χ2n) is 7.72. The van der Waals surface area contributed by atoms with Gasteiger partial charge >= 0.3 is 6.03 Å². The molecule has 1 heterocycles. The summed E-state index contributed by atoms with van der Waals surface area (Å²) in [7, 11) is 1.47. The Balaban J connectivity index is 1.45. The van der Waals surface area contributed by atoms with E-state index in [-0.39, 0.29) is 18.2 Å². The number of carbonyl (C=O) groups is 3. The fourth-order valence-electron chi connectivity index (χ4n) is 3.42. The van der Waals surface area contributed by atoms with Crippen molar-refractivity contribution in [2.75, 3.05) is 23.9 Å². The summed E-state index contributed by atoms with van der Waals surface area (Å²) in [4.78, 5) is 38.5. The fourth-order valence-corrected chi connectivity index (χ4v) is 3.61. The fraction of sp³-hybridized carbons (Fsp3) is 0.115. The number of rotatable bonds is 7.